The second kappa shape index (κ2) is 5.64. The van der Waals surface area contributed by atoms with E-state index in [-0.39, 0.29) is 0 Å². The van der Waals surface area contributed by atoms with Crippen molar-refractivity contribution in [2.24, 2.45) is 5.73 Å². The van der Waals surface area contributed by atoms with E-state index in [1.54, 1.807) is 18.2 Å². The van der Waals surface area contributed by atoms with E-state index in [1.165, 1.54) is 6.07 Å². The average Bonchev–Trinajstić information content (AvgIpc) is 2.47. The highest BCUT2D eigenvalue weighted by Crippen LogP contribution is 2.34. The van der Waals surface area contributed by atoms with Gasteiger partial charge in [0.25, 0.3) is 0 Å². The third kappa shape index (κ3) is 2.51. The smallest absolute Gasteiger partial charge is 0.129 e. The zero-order chi connectivity index (χ0) is 15.0. The maximum Gasteiger partial charge on any atom is 0.129 e. The van der Waals surface area contributed by atoms with Crippen LogP contribution in [0.15, 0.2) is 54.6 Å². The van der Waals surface area contributed by atoms with Gasteiger partial charge in [0.1, 0.15) is 5.82 Å². The SMILES string of the molecule is NC(c1c(F)cccc1Cl)c1ccc(Cl)c2ccccc12. The van der Waals surface area contributed by atoms with Gasteiger partial charge in [0.2, 0.25) is 0 Å². The number of fused-ring (bicyclic) bond motifs is 1. The first kappa shape index (κ1) is 14.3. The quantitative estimate of drug-likeness (QED) is 0.678. The first-order chi connectivity index (χ1) is 10.1. The van der Waals surface area contributed by atoms with Crippen LogP contribution in [0.3, 0.4) is 0 Å². The molecule has 0 spiro atoms. The van der Waals surface area contributed by atoms with Crippen LogP contribution in [0.5, 0.6) is 0 Å². The molecule has 0 amide bonds. The van der Waals surface area contributed by atoms with E-state index in [0.717, 1.165) is 16.3 Å². The lowest BCUT2D eigenvalue weighted by atomic mass is 9.94. The summed E-state index contributed by atoms with van der Waals surface area (Å²) in [4.78, 5) is 0. The molecule has 0 saturated heterocycles. The summed E-state index contributed by atoms with van der Waals surface area (Å²) in [6.07, 6.45) is 0. The lowest BCUT2D eigenvalue weighted by Crippen LogP contribution is -2.14. The highest BCUT2D eigenvalue weighted by Gasteiger charge is 2.19. The van der Waals surface area contributed by atoms with Crippen LogP contribution in [0, 0.1) is 5.82 Å². The number of hydrogen-bond acceptors (Lipinski definition) is 1. The zero-order valence-electron chi connectivity index (χ0n) is 11.0. The first-order valence-corrected chi connectivity index (χ1v) is 7.22. The Bertz CT molecular complexity index is 797. The fourth-order valence-electron chi connectivity index (χ4n) is 2.52. The third-order valence-electron chi connectivity index (χ3n) is 3.55. The summed E-state index contributed by atoms with van der Waals surface area (Å²) in [6, 6.07) is 15.1. The molecule has 0 aliphatic heterocycles. The van der Waals surface area contributed by atoms with Gasteiger partial charge in [-0.25, -0.2) is 4.39 Å². The second-order valence-corrected chi connectivity index (χ2v) is 5.61. The van der Waals surface area contributed by atoms with Gasteiger partial charge >= 0.3 is 0 Å². The summed E-state index contributed by atoms with van der Waals surface area (Å²) < 4.78 is 14.1. The Morgan fingerprint density at radius 1 is 0.810 bits per heavy atom. The molecule has 4 heteroatoms. The fraction of sp³-hybridized carbons (Fsp3) is 0.0588. The minimum atomic E-state index is -0.652. The molecular formula is C17H12Cl2FN. The van der Waals surface area contributed by atoms with E-state index in [0.29, 0.717) is 15.6 Å². The Labute approximate surface area is 132 Å². The van der Waals surface area contributed by atoms with Gasteiger partial charge in [-0.15, -0.1) is 0 Å². The summed E-state index contributed by atoms with van der Waals surface area (Å²) in [7, 11) is 0. The van der Waals surface area contributed by atoms with Crippen molar-refractivity contribution in [2.75, 3.05) is 0 Å². The molecule has 0 aliphatic carbocycles. The van der Waals surface area contributed by atoms with Crippen LogP contribution in [-0.2, 0) is 0 Å². The molecule has 2 N–H and O–H groups in total. The Hall–Kier alpha value is -1.61. The van der Waals surface area contributed by atoms with Crippen molar-refractivity contribution >= 4 is 34.0 Å². The summed E-state index contributed by atoms with van der Waals surface area (Å²) in [5, 5.41) is 2.75. The van der Waals surface area contributed by atoms with E-state index >= 15 is 0 Å². The van der Waals surface area contributed by atoms with E-state index in [1.807, 2.05) is 30.3 Å². The molecule has 0 radical (unpaired) electrons. The van der Waals surface area contributed by atoms with Crippen LogP contribution in [0.1, 0.15) is 17.2 Å². The molecule has 0 saturated carbocycles. The van der Waals surface area contributed by atoms with Crippen LogP contribution in [0.4, 0.5) is 4.39 Å². The molecule has 0 bridgehead atoms. The Morgan fingerprint density at radius 2 is 1.52 bits per heavy atom. The molecule has 0 aromatic heterocycles. The van der Waals surface area contributed by atoms with Gasteiger partial charge in [0.15, 0.2) is 0 Å². The van der Waals surface area contributed by atoms with Crippen molar-refractivity contribution in [3.8, 4) is 0 Å². The summed E-state index contributed by atoms with van der Waals surface area (Å²) in [5.74, 6) is -0.408. The lowest BCUT2D eigenvalue weighted by molar-refractivity contribution is 0.600. The Morgan fingerprint density at radius 3 is 2.24 bits per heavy atom. The topological polar surface area (TPSA) is 26.0 Å². The largest absolute Gasteiger partial charge is 0.320 e. The van der Waals surface area contributed by atoms with Crippen molar-refractivity contribution in [2.45, 2.75) is 6.04 Å². The Balaban J connectivity index is 2.23. The fourth-order valence-corrected chi connectivity index (χ4v) is 3.03. The van der Waals surface area contributed by atoms with Crippen LogP contribution in [0.25, 0.3) is 10.8 Å². The van der Waals surface area contributed by atoms with Crippen molar-refractivity contribution in [1.29, 1.82) is 0 Å². The van der Waals surface area contributed by atoms with Gasteiger partial charge in [-0.05, 0) is 29.1 Å². The maximum atomic E-state index is 14.1. The van der Waals surface area contributed by atoms with Crippen LogP contribution < -0.4 is 5.73 Å². The van der Waals surface area contributed by atoms with Crippen LogP contribution in [-0.4, -0.2) is 0 Å². The number of hydrogen-bond donors (Lipinski definition) is 1. The monoisotopic (exact) mass is 319 g/mol. The molecule has 1 unspecified atom stereocenters. The summed E-state index contributed by atoms with van der Waals surface area (Å²) >= 11 is 12.3. The minimum absolute atomic E-state index is 0.298. The molecule has 3 aromatic rings. The zero-order valence-corrected chi connectivity index (χ0v) is 12.5. The molecule has 3 aromatic carbocycles. The second-order valence-electron chi connectivity index (χ2n) is 4.80. The molecule has 3 rings (SSSR count). The normalized spacial score (nSPS) is 12.6. The third-order valence-corrected chi connectivity index (χ3v) is 4.21. The van der Waals surface area contributed by atoms with Gasteiger partial charge in [0.05, 0.1) is 6.04 Å². The molecule has 1 nitrogen and oxygen atoms in total. The van der Waals surface area contributed by atoms with Crippen LogP contribution >= 0.6 is 23.2 Å². The maximum absolute atomic E-state index is 14.1. The molecule has 1 atom stereocenters. The van der Waals surface area contributed by atoms with Gasteiger partial charge in [-0.3, -0.25) is 0 Å². The van der Waals surface area contributed by atoms with E-state index in [4.69, 9.17) is 28.9 Å². The Kier molecular flexibility index (Phi) is 3.85. The van der Waals surface area contributed by atoms with Gasteiger partial charge in [-0.1, -0.05) is 59.6 Å². The van der Waals surface area contributed by atoms with E-state index in [2.05, 4.69) is 0 Å². The molecule has 0 heterocycles. The minimum Gasteiger partial charge on any atom is -0.320 e. The number of halogens is 3. The average molecular weight is 320 g/mol. The van der Waals surface area contributed by atoms with Gasteiger partial charge in [-0.2, -0.15) is 0 Å². The molecule has 21 heavy (non-hydrogen) atoms. The van der Waals surface area contributed by atoms with Crippen molar-refractivity contribution in [1.82, 2.24) is 0 Å². The number of rotatable bonds is 2. The summed E-state index contributed by atoms with van der Waals surface area (Å²) in [5.41, 5.74) is 7.36. The first-order valence-electron chi connectivity index (χ1n) is 6.46. The lowest BCUT2D eigenvalue weighted by Gasteiger charge is -2.17. The summed E-state index contributed by atoms with van der Waals surface area (Å²) in [6.45, 7) is 0. The number of nitrogens with two attached hydrogens (primary N) is 1. The van der Waals surface area contributed by atoms with Gasteiger partial charge < -0.3 is 5.73 Å². The van der Waals surface area contributed by atoms with E-state index < -0.39 is 11.9 Å². The highest BCUT2D eigenvalue weighted by molar-refractivity contribution is 6.35. The number of benzene rings is 3. The molecule has 106 valence electrons. The predicted molar refractivity (Wildman–Crippen MR) is 86.4 cm³/mol. The standard InChI is InChI=1S/C17H12Cl2FN/c18-13-9-8-12(10-4-1-2-5-11(10)13)17(21)16-14(19)6-3-7-15(16)20/h1-9,17H,21H2. The van der Waals surface area contributed by atoms with E-state index in [9.17, 15) is 4.39 Å². The van der Waals surface area contributed by atoms with Crippen LogP contribution in [0.2, 0.25) is 10.0 Å². The molecule has 0 fully saturated rings. The predicted octanol–water partition coefficient (Wildman–Crippen LogP) is 5.33. The van der Waals surface area contributed by atoms with Crippen molar-refractivity contribution < 1.29 is 4.39 Å². The van der Waals surface area contributed by atoms with Crippen molar-refractivity contribution in [3.05, 3.63) is 81.6 Å². The highest BCUT2D eigenvalue weighted by atomic mass is 35.5. The van der Waals surface area contributed by atoms with Crippen molar-refractivity contribution in [3.63, 3.8) is 0 Å². The molecule has 0 aliphatic rings. The van der Waals surface area contributed by atoms with Gasteiger partial charge in [0, 0.05) is 21.0 Å². The molecular weight excluding hydrogens is 308 g/mol.